The Kier molecular flexibility index (Phi) is 5.03. The largest absolute Gasteiger partial charge is 0.411 e. The molecule has 8 heteroatoms. The highest BCUT2D eigenvalue weighted by Gasteiger charge is 2.28. The molecule has 0 spiro atoms. The third-order valence-electron chi connectivity index (χ3n) is 4.21. The van der Waals surface area contributed by atoms with Crippen LogP contribution in [0.1, 0.15) is 36.2 Å². The zero-order chi connectivity index (χ0) is 17.1. The van der Waals surface area contributed by atoms with Gasteiger partial charge in [0, 0.05) is 12.3 Å². The monoisotopic (exact) mass is 395 g/mol. The Morgan fingerprint density at radius 3 is 2.79 bits per heavy atom. The fraction of sp³-hybridized carbons (Fsp3) is 0.375. The summed E-state index contributed by atoms with van der Waals surface area (Å²) in [5.41, 5.74) is 1.55. The fourth-order valence-corrected chi connectivity index (χ4v) is 3.02. The number of ketones is 1. The number of carbonyl (C=O) groups is 1. The molecule has 24 heavy (non-hydrogen) atoms. The van der Waals surface area contributed by atoms with E-state index < -0.39 is 0 Å². The Hall–Kier alpha value is -2.09. The topological polar surface area (TPSA) is 88.6 Å². The van der Waals surface area contributed by atoms with Crippen LogP contribution in [-0.4, -0.2) is 27.0 Å². The first-order valence-electron chi connectivity index (χ1n) is 7.58. The highest BCUT2D eigenvalue weighted by molar-refractivity contribution is 9.10. The first-order chi connectivity index (χ1) is 11.6. The molecular formula is C16H15BrFN3O3. The van der Waals surface area contributed by atoms with E-state index in [1.807, 2.05) is 0 Å². The van der Waals surface area contributed by atoms with Gasteiger partial charge in [0.15, 0.2) is 5.69 Å². The standard InChI is InChI=1S/C16H15BrFN3O3/c17-11-6-9(4-5-12(11)18)7-13(19-23)16-14(20-24-21-16)8-15(22)10-2-1-3-10/h4-6,10,23H,1-3,7-8H2/b19-13+. The molecule has 1 aliphatic carbocycles. The Balaban J connectivity index is 1.77. The minimum atomic E-state index is -0.379. The lowest BCUT2D eigenvalue weighted by Crippen LogP contribution is -2.24. The minimum Gasteiger partial charge on any atom is -0.411 e. The van der Waals surface area contributed by atoms with Crippen LogP contribution in [0.15, 0.2) is 32.5 Å². The maximum absolute atomic E-state index is 13.3. The number of nitrogens with zero attached hydrogens (tertiary/aromatic N) is 3. The summed E-state index contributed by atoms with van der Waals surface area (Å²) in [7, 11) is 0. The van der Waals surface area contributed by atoms with Crippen molar-refractivity contribution >= 4 is 27.4 Å². The molecule has 126 valence electrons. The normalized spacial score (nSPS) is 15.3. The first kappa shape index (κ1) is 16.8. The summed E-state index contributed by atoms with van der Waals surface area (Å²) in [5, 5.41) is 20.1. The molecule has 1 N–H and O–H groups in total. The second-order valence-corrected chi connectivity index (χ2v) is 6.66. The maximum atomic E-state index is 13.3. The van der Waals surface area contributed by atoms with Gasteiger partial charge in [-0.3, -0.25) is 4.79 Å². The van der Waals surface area contributed by atoms with Crippen molar-refractivity contribution in [1.82, 2.24) is 10.3 Å². The molecule has 2 aromatic rings. The summed E-state index contributed by atoms with van der Waals surface area (Å²) in [6, 6.07) is 4.49. The lowest BCUT2D eigenvalue weighted by atomic mass is 9.80. The highest BCUT2D eigenvalue weighted by atomic mass is 79.9. The van der Waals surface area contributed by atoms with Gasteiger partial charge in [0.1, 0.15) is 23.0 Å². The summed E-state index contributed by atoms with van der Waals surface area (Å²) >= 11 is 3.12. The molecule has 0 bridgehead atoms. The number of halogens is 2. The van der Waals surface area contributed by atoms with Crippen LogP contribution in [0.3, 0.4) is 0 Å². The third kappa shape index (κ3) is 3.53. The number of oxime groups is 1. The van der Waals surface area contributed by atoms with Crippen molar-refractivity contribution in [3.05, 3.63) is 45.4 Å². The van der Waals surface area contributed by atoms with E-state index in [0.717, 1.165) is 24.8 Å². The van der Waals surface area contributed by atoms with Gasteiger partial charge in [-0.05, 0) is 51.6 Å². The molecule has 1 aromatic carbocycles. The van der Waals surface area contributed by atoms with E-state index in [9.17, 15) is 14.4 Å². The van der Waals surface area contributed by atoms with Crippen LogP contribution in [0.4, 0.5) is 4.39 Å². The van der Waals surface area contributed by atoms with Crippen LogP contribution in [0.25, 0.3) is 0 Å². The third-order valence-corrected chi connectivity index (χ3v) is 4.82. The maximum Gasteiger partial charge on any atom is 0.156 e. The number of hydrogen-bond donors (Lipinski definition) is 1. The molecule has 1 aromatic heterocycles. The molecule has 1 fully saturated rings. The Morgan fingerprint density at radius 2 is 2.17 bits per heavy atom. The van der Waals surface area contributed by atoms with Crippen LogP contribution in [-0.2, 0) is 17.6 Å². The molecule has 0 amide bonds. The summed E-state index contributed by atoms with van der Waals surface area (Å²) in [5.74, 6) is -0.201. The lowest BCUT2D eigenvalue weighted by Gasteiger charge is -2.23. The van der Waals surface area contributed by atoms with Gasteiger partial charge in [0.25, 0.3) is 0 Å². The van der Waals surface area contributed by atoms with Crippen LogP contribution >= 0.6 is 15.9 Å². The molecular weight excluding hydrogens is 381 g/mol. The number of Topliss-reactive ketones (excluding diaryl/α,β-unsaturated/α-hetero) is 1. The summed E-state index contributed by atoms with van der Waals surface area (Å²) in [6.45, 7) is 0. The van der Waals surface area contributed by atoms with Gasteiger partial charge < -0.3 is 5.21 Å². The van der Waals surface area contributed by atoms with E-state index in [2.05, 4.69) is 31.4 Å². The number of aromatic nitrogens is 2. The van der Waals surface area contributed by atoms with Gasteiger partial charge in [-0.1, -0.05) is 22.8 Å². The van der Waals surface area contributed by atoms with Crippen LogP contribution < -0.4 is 0 Å². The van der Waals surface area contributed by atoms with E-state index in [0.29, 0.717) is 10.2 Å². The van der Waals surface area contributed by atoms with E-state index in [-0.39, 0.29) is 41.8 Å². The quantitative estimate of drug-likeness (QED) is 0.460. The number of hydrogen-bond acceptors (Lipinski definition) is 6. The van der Waals surface area contributed by atoms with Gasteiger partial charge >= 0.3 is 0 Å². The van der Waals surface area contributed by atoms with Gasteiger partial charge in [0.05, 0.1) is 10.9 Å². The smallest absolute Gasteiger partial charge is 0.156 e. The molecule has 0 atom stereocenters. The number of benzene rings is 1. The first-order valence-corrected chi connectivity index (χ1v) is 8.37. The van der Waals surface area contributed by atoms with Crippen molar-refractivity contribution < 1.29 is 19.0 Å². The van der Waals surface area contributed by atoms with E-state index >= 15 is 0 Å². The molecule has 0 unspecified atom stereocenters. The zero-order valence-corrected chi connectivity index (χ0v) is 14.3. The summed E-state index contributed by atoms with van der Waals surface area (Å²) in [4.78, 5) is 12.1. The summed E-state index contributed by atoms with van der Waals surface area (Å²) < 4.78 is 18.4. The Morgan fingerprint density at radius 1 is 1.38 bits per heavy atom. The van der Waals surface area contributed by atoms with Gasteiger partial charge in [-0.25, -0.2) is 9.02 Å². The van der Waals surface area contributed by atoms with E-state index in [1.165, 1.54) is 6.07 Å². The van der Waals surface area contributed by atoms with E-state index in [4.69, 9.17) is 4.63 Å². The summed E-state index contributed by atoms with van der Waals surface area (Å²) in [6.07, 6.45) is 3.20. The van der Waals surface area contributed by atoms with Crippen molar-refractivity contribution in [3.63, 3.8) is 0 Å². The Bertz CT molecular complexity index is 787. The SMILES string of the molecule is O=C(Cc1nonc1/C(Cc1ccc(F)c(Br)c1)=N/O)C1CCC1. The van der Waals surface area contributed by atoms with Crippen molar-refractivity contribution in [2.75, 3.05) is 0 Å². The zero-order valence-electron chi connectivity index (χ0n) is 12.7. The van der Waals surface area contributed by atoms with Crippen LogP contribution in [0, 0.1) is 11.7 Å². The second kappa shape index (κ2) is 7.21. The molecule has 0 aliphatic heterocycles. The molecule has 0 radical (unpaired) electrons. The van der Waals surface area contributed by atoms with Crippen molar-refractivity contribution in [2.24, 2.45) is 11.1 Å². The predicted molar refractivity (Wildman–Crippen MR) is 86.5 cm³/mol. The lowest BCUT2D eigenvalue weighted by molar-refractivity contribution is -0.124. The fourth-order valence-electron chi connectivity index (χ4n) is 2.59. The Labute approximate surface area is 145 Å². The van der Waals surface area contributed by atoms with Crippen molar-refractivity contribution in [3.8, 4) is 0 Å². The molecule has 0 saturated heterocycles. The molecule has 3 rings (SSSR count). The highest BCUT2D eigenvalue weighted by Crippen LogP contribution is 2.28. The molecule has 1 heterocycles. The van der Waals surface area contributed by atoms with E-state index in [1.54, 1.807) is 12.1 Å². The second-order valence-electron chi connectivity index (χ2n) is 5.80. The predicted octanol–water partition coefficient (Wildman–Crippen LogP) is 3.30. The van der Waals surface area contributed by atoms with Crippen LogP contribution in [0.5, 0.6) is 0 Å². The van der Waals surface area contributed by atoms with Crippen molar-refractivity contribution in [1.29, 1.82) is 0 Å². The minimum absolute atomic E-state index is 0.0807. The van der Waals surface area contributed by atoms with Gasteiger partial charge in [0.2, 0.25) is 0 Å². The number of carbonyl (C=O) groups excluding carboxylic acids is 1. The van der Waals surface area contributed by atoms with Crippen molar-refractivity contribution in [2.45, 2.75) is 32.1 Å². The average Bonchev–Trinajstić information content (AvgIpc) is 2.94. The average molecular weight is 396 g/mol. The number of rotatable bonds is 6. The molecule has 6 nitrogen and oxygen atoms in total. The molecule has 1 aliphatic rings. The van der Waals surface area contributed by atoms with Gasteiger partial charge in [-0.15, -0.1) is 0 Å². The van der Waals surface area contributed by atoms with Gasteiger partial charge in [-0.2, -0.15) is 0 Å². The van der Waals surface area contributed by atoms with Crippen LogP contribution in [0.2, 0.25) is 0 Å². The molecule has 1 saturated carbocycles.